The van der Waals surface area contributed by atoms with E-state index in [2.05, 4.69) is 19.9 Å². The van der Waals surface area contributed by atoms with Crippen LogP contribution >= 0.6 is 11.6 Å². The Labute approximate surface area is 166 Å². The van der Waals surface area contributed by atoms with Crippen molar-refractivity contribution in [2.24, 2.45) is 0 Å². The third kappa shape index (κ3) is 3.68. The van der Waals surface area contributed by atoms with Crippen LogP contribution in [0.5, 0.6) is 0 Å². The number of hydrogen-bond acceptors (Lipinski definition) is 4. The Morgan fingerprint density at radius 1 is 1.07 bits per heavy atom. The topological polar surface area (TPSA) is 80.0 Å². The van der Waals surface area contributed by atoms with Gasteiger partial charge in [0, 0.05) is 35.6 Å². The largest absolute Gasteiger partial charge is 0.478 e. The molecule has 4 aromatic rings. The van der Waals surface area contributed by atoms with Crippen molar-refractivity contribution >= 4 is 34.3 Å². The lowest BCUT2D eigenvalue weighted by Crippen LogP contribution is -2.11. The van der Waals surface area contributed by atoms with Crippen molar-refractivity contribution in [1.82, 2.24) is 14.5 Å². The molecule has 0 saturated carbocycles. The molecule has 4 rings (SSSR count). The van der Waals surface area contributed by atoms with E-state index in [-0.39, 0.29) is 5.56 Å². The van der Waals surface area contributed by atoms with Crippen LogP contribution in [0.4, 0.5) is 5.82 Å². The summed E-state index contributed by atoms with van der Waals surface area (Å²) in [5.74, 6) is -0.257. The molecule has 2 N–H and O–H groups in total. The lowest BCUT2D eigenvalue weighted by atomic mass is 10.1. The molecule has 0 amide bonds. The number of carboxylic acid groups (broad SMARTS) is 1. The van der Waals surface area contributed by atoms with Crippen LogP contribution < -0.4 is 5.32 Å². The zero-order valence-corrected chi connectivity index (χ0v) is 15.6. The van der Waals surface area contributed by atoms with E-state index in [4.69, 9.17) is 16.7 Å². The number of aromatic carboxylic acids is 1. The van der Waals surface area contributed by atoms with E-state index in [0.717, 1.165) is 22.2 Å². The number of para-hydroxylation sites is 1. The minimum atomic E-state index is -0.951. The Hall–Kier alpha value is -3.38. The summed E-state index contributed by atoms with van der Waals surface area (Å²) in [4.78, 5) is 19.5. The van der Waals surface area contributed by atoms with Crippen LogP contribution in [0.25, 0.3) is 22.2 Å². The van der Waals surface area contributed by atoms with Gasteiger partial charge in [0.2, 0.25) is 0 Å². The first-order chi connectivity index (χ1) is 13.6. The smallest absolute Gasteiger partial charge is 0.335 e. The van der Waals surface area contributed by atoms with Crippen molar-refractivity contribution < 1.29 is 9.90 Å². The molecule has 0 fully saturated rings. The molecule has 2 aromatic heterocycles. The van der Waals surface area contributed by atoms with Crippen LogP contribution in [0.1, 0.15) is 10.4 Å². The van der Waals surface area contributed by atoms with E-state index in [0.29, 0.717) is 24.1 Å². The van der Waals surface area contributed by atoms with Crippen LogP contribution in [0.2, 0.25) is 5.15 Å². The van der Waals surface area contributed by atoms with Gasteiger partial charge in [0.15, 0.2) is 0 Å². The molecule has 0 saturated heterocycles. The molecule has 0 atom stereocenters. The molecule has 0 unspecified atom stereocenters. The highest BCUT2D eigenvalue weighted by Gasteiger charge is 2.07. The fourth-order valence-electron chi connectivity index (χ4n) is 3.10. The number of nitrogens with one attached hydrogen (secondary N) is 1. The molecule has 0 aliphatic rings. The van der Waals surface area contributed by atoms with Gasteiger partial charge in [0.05, 0.1) is 11.3 Å². The molecular formula is C21H17ClN4O2. The summed E-state index contributed by atoms with van der Waals surface area (Å²) in [5.41, 5.74) is 2.89. The third-order valence-electron chi connectivity index (χ3n) is 4.50. The van der Waals surface area contributed by atoms with E-state index in [1.807, 2.05) is 36.4 Å². The summed E-state index contributed by atoms with van der Waals surface area (Å²) in [6.07, 6.45) is 1.49. The van der Waals surface area contributed by atoms with Crippen molar-refractivity contribution in [3.8, 4) is 11.3 Å². The highest BCUT2D eigenvalue weighted by Crippen LogP contribution is 2.23. The molecule has 0 spiro atoms. The van der Waals surface area contributed by atoms with E-state index < -0.39 is 5.97 Å². The molecule has 140 valence electrons. The summed E-state index contributed by atoms with van der Waals surface area (Å²) in [6.45, 7) is 1.34. The summed E-state index contributed by atoms with van der Waals surface area (Å²) in [7, 11) is 0. The molecule has 0 aliphatic carbocycles. The predicted octanol–water partition coefficient (Wildman–Crippen LogP) is 4.56. The number of carbonyl (C=O) groups is 1. The monoisotopic (exact) mass is 392 g/mol. The summed E-state index contributed by atoms with van der Waals surface area (Å²) in [6, 6.07) is 18.5. The number of rotatable bonds is 6. The van der Waals surface area contributed by atoms with Crippen LogP contribution in [-0.4, -0.2) is 32.2 Å². The summed E-state index contributed by atoms with van der Waals surface area (Å²) in [5, 5.41) is 14.1. The molecule has 0 radical (unpaired) electrons. The number of aromatic nitrogens is 3. The predicted molar refractivity (Wildman–Crippen MR) is 110 cm³/mol. The second-order valence-corrected chi connectivity index (χ2v) is 6.66. The summed E-state index contributed by atoms with van der Waals surface area (Å²) >= 11 is 6.36. The SMILES string of the molecule is O=C(O)c1ccc(-c2cc(NCCn3c(Cl)cc4ccccc43)ncn2)cc1. The first-order valence-electron chi connectivity index (χ1n) is 8.75. The Morgan fingerprint density at radius 2 is 1.86 bits per heavy atom. The van der Waals surface area contributed by atoms with Gasteiger partial charge in [-0.1, -0.05) is 41.9 Å². The van der Waals surface area contributed by atoms with Gasteiger partial charge in [-0.15, -0.1) is 0 Å². The van der Waals surface area contributed by atoms with E-state index in [9.17, 15) is 4.79 Å². The minimum absolute atomic E-state index is 0.243. The van der Waals surface area contributed by atoms with Crippen LogP contribution in [0.15, 0.2) is 67.0 Å². The Bertz CT molecular complexity index is 1140. The molecule has 2 heterocycles. The van der Waals surface area contributed by atoms with Crippen molar-refractivity contribution in [2.45, 2.75) is 6.54 Å². The second kappa shape index (κ2) is 7.70. The molecule has 7 heteroatoms. The Morgan fingerprint density at radius 3 is 2.64 bits per heavy atom. The maximum Gasteiger partial charge on any atom is 0.335 e. The lowest BCUT2D eigenvalue weighted by Gasteiger charge is -2.10. The van der Waals surface area contributed by atoms with Crippen LogP contribution in [0.3, 0.4) is 0 Å². The normalized spacial score (nSPS) is 10.9. The number of halogens is 1. The van der Waals surface area contributed by atoms with Gasteiger partial charge in [0.1, 0.15) is 17.3 Å². The van der Waals surface area contributed by atoms with Crippen molar-refractivity contribution in [2.75, 3.05) is 11.9 Å². The third-order valence-corrected chi connectivity index (χ3v) is 4.81. The van der Waals surface area contributed by atoms with Gasteiger partial charge in [-0.3, -0.25) is 0 Å². The molecule has 0 aliphatic heterocycles. The van der Waals surface area contributed by atoms with E-state index in [1.165, 1.54) is 6.33 Å². The number of fused-ring (bicyclic) bond motifs is 1. The van der Waals surface area contributed by atoms with Crippen LogP contribution in [-0.2, 0) is 6.54 Å². The van der Waals surface area contributed by atoms with Crippen molar-refractivity contribution in [3.05, 3.63) is 77.7 Å². The molecule has 2 aromatic carbocycles. The zero-order valence-electron chi connectivity index (χ0n) is 14.8. The first-order valence-corrected chi connectivity index (χ1v) is 9.13. The molecule has 28 heavy (non-hydrogen) atoms. The van der Waals surface area contributed by atoms with Gasteiger partial charge in [-0.25, -0.2) is 14.8 Å². The standard InChI is InChI=1S/C21H17ClN4O2/c22-19-11-16-3-1-2-4-18(16)26(19)10-9-23-20-12-17(24-13-25-20)14-5-7-15(8-6-14)21(27)28/h1-8,11-13H,9-10H2,(H,27,28)(H,23,24,25). The van der Waals surface area contributed by atoms with Gasteiger partial charge in [-0.2, -0.15) is 0 Å². The zero-order chi connectivity index (χ0) is 19.5. The Balaban J connectivity index is 1.46. The van der Waals surface area contributed by atoms with Gasteiger partial charge in [0.25, 0.3) is 0 Å². The number of benzene rings is 2. The average Bonchev–Trinajstić information content (AvgIpc) is 3.04. The van der Waals surface area contributed by atoms with Gasteiger partial charge in [-0.05, 0) is 24.3 Å². The number of hydrogen-bond donors (Lipinski definition) is 2. The van der Waals surface area contributed by atoms with Gasteiger partial charge >= 0.3 is 5.97 Å². The highest BCUT2D eigenvalue weighted by atomic mass is 35.5. The number of nitrogens with zero attached hydrogens (tertiary/aromatic N) is 3. The molecule has 0 bridgehead atoms. The second-order valence-electron chi connectivity index (χ2n) is 6.28. The maximum atomic E-state index is 11.0. The van der Waals surface area contributed by atoms with Crippen LogP contribution in [0, 0.1) is 0 Å². The molecule has 6 nitrogen and oxygen atoms in total. The maximum absolute atomic E-state index is 11.0. The number of anilines is 1. The lowest BCUT2D eigenvalue weighted by molar-refractivity contribution is 0.0697. The van der Waals surface area contributed by atoms with E-state index in [1.54, 1.807) is 24.3 Å². The highest BCUT2D eigenvalue weighted by molar-refractivity contribution is 6.30. The Kier molecular flexibility index (Phi) is 4.95. The molecular weight excluding hydrogens is 376 g/mol. The quantitative estimate of drug-likeness (QED) is 0.502. The fraction of sp³-hybridized carbons (Fsp3) is 0.0952. The minimum Gasteiger partial charge on any atom is -0.478 e. The number of carboxylic acids is 1. The fourth-order valence-corrected chi connectivity index (χ4v) is 3.39. The van der Waals surface area contributed by atoms with Crippen molar-refractivity contribution in [1.29, 1.82) is 0 Å². The average molecular weight is 393 g/mol. The first kappa shape index (κ1) is 18.0. The van der Waals surface area contributed by atoms with E-state index >= 15 is 0 Å². The van der Waals surface area contributed by atoms with Gasteiger partial charge < -0.3 is 15.0 Å². The van der Waals surface area contributed by atoms with Crippen molar-refractivity contribution in [3.63, 3.8) is 0 Å². The summed E-state index contributed by atoms with van der Waals surface area (Å²) < 4.78 is 2.05.